The highest BCUT2D eigenvalue weighted by molar-refractivity contribution is 5.58. The van der Waals surface area contributed by atoms with Crippen molar-refractivity contribution in [2.75, 3.05) is 0 Å². The average molecular weight is 842 g/mol. The molecule has 0 aromatic heterocycles. The molecule has 1 aliphatic heterocycles. The normalized spacial score (nSPS) is 31.0. The van der Waals surface area contributed by atoms with Gasteiger partial charge < -0.3 is 5.32 Å². The van der Waals surface area contributed by atoms with Gasteiger partial charge in [0.25, 0.3) is 0 Å². The van der Waals surface area contributed by atoms with Crippen LogP contribution in [0.15, 0.2) is 166 Å². The second-order valence-electron chi connectivity index (χ2n) is 19.6. The third kappa shape index (κ3) is 11.7. The van der Waals surface area contributed by atoms with Crippen LogP contribution in [-0.2, 0) is 0 Å². The van der Waals surface area contributed by atoms with Crippen LogP contribution in [0.5, 0.6) is 0 Å². The highest BCUT2D eigenvalue weighted by atomic mass is 14.9. The van der Waals surface area contributed by atoms with Crippen molar-refractivity contribution in [3.05, 3.63) is 166 Å². The molecule has 336 valence electrons. The maximum absolute atomic E-state index is 5.34. The third-order valence-corrected chi connectivity index (χ3v) is 15.4. The zero-order valence-electron chi connectivity index (χ0n) is 40.6. The summed E-state index contributed by atoms with van der Waals surface area (Å²) in [7, 11) is 0. The molecule has 0 fully saturated rings. The van der Waals surface area contributed by atoms with Crippen LogP contribution in [0.2, 0.25) is 0 Å². The summed E-state index contributed by atoms with van der Waals surface area (Å²) in [5, 5.41) is 3.68. The summed E-state index contributed by atoms with van der Waals surface area (Å²) >= 11 is 0. The molecule has 0 saturated carbocycles. The minimum atomic E-state index is 0.570. The molecule has 1 heterocycles. The molecule has 63 heavy (non-hydrogen) atoms. The Morgan fingerprint density at radius 3 is 2.32 bits per heavy atom. The summed E-state index contributed by atoms with van der Waals surface area (Å²) in [5.74, 6) is 8.84. The first kappa shape index (κ1) is 48.2. The zero-order chi connectivity index (χ0) is 44.7. The Morgan fingerprint density at radius 1 is 0.825 bits per heavy atom. The number of rotatable bonds is 9. The van der Waals surface area contributed by atoms with E-state index in [9.17, 15) is 0 Å². The fourth-order valence-corrected chi connectivity index (χ4v) is 12.1. The average Bonchev–Trinajstić information content (AvgIpc) is 3.52. The molecule has 9 unspecified atom stereocenters. The molecule has 2 bridgehead atoms. The van der Waals surface area contributed by atoms with Crippen LogP contribution in [0.3, 0.4) is 0 Å². The van der Waals surface area contributed by atoms with Crippen molar-refractivity contribution in [2.45, 2.75) is 151 Å². The molecule has 0 saturated heterocycles. The molecule has 9 atom stereocenters. The van der Waals surface area contributed by atoms with Crippen molar-refractivity contribution in [1.82, 2.24) is 5.32 Å². The summed E-state index contributed by atoms with van der Waals surface area (Å²) in [6.45, 7) is 19.8. The van der Waals surface area contributed by atoms with Gasteiger partial charge >= 0.3 is 0 Å². The first-order valence-electron chi connectivity index (χ1n) is 25.7. The van der Waals surface area contributed by atoms with Gasteiger partial charge in [-0.1, -0.05) is 163 Å². The van der Waals surface area contributed by atoms with Crippen LogP contribution in [0.1, 0.15) is 151 Å². The van der Waals surface area contributed by atoms with Gasteiger partial charge in [-0.2, -0.15) is 0 Å². The van der Waals surface area contributed by atoms with E-state index in [2.05, 4.69) is 156 Å². The van der Waals surface area contributed by atoms with E-state index in [1.807, 2.05) is 13.8 Å². The maximum Gasteiger partial charge on any atom is 0.0341 e. The van der Waals surface area contributed by atoms with E-state index in [-0.39, 0.29) is 0 Å². The second-order valence-corrected chi connectivity index (χ2v) is 19.6. The van der Waals surface area contributed by atoms with Crippen molar-refractivity contribution < 1.29 is 0 Å². The smallest absolute Gasteiger partial charge is 0.0341 e. The monoisotopic (exact) mass is 842 g/mol. The van der Waals surface area contributed by atoms with E-state index in [0.717, 1.165) is 30.6 Å². The van der Waals surface area contributed by atoms with Crippen molar-refractivity contribution in [3.63, 3.8) is 0 Å². The topological polar surface area (TPSA) is 12.0 Å². The lowest BCUT2D eigenvalue weighted by Crippen LogP contribution is -2.31. The Hall–Kier alpha value is -4.28. The summed E-state index contributed by atoms with van der Waals surface area (Å²) < 4.78 is 0. The molecule has 0 radical (unpaired) electrons. The number of nitrogens with one attached hydrogen (secondary N) is 1. The van der Waals surface area contributed by atoms with Gasteiger partial charge in [0.15, 0.2) is 0 Å². The van der Waals surface area contributed by atoms with E-state index in [0.29, 0.717) is 35.5 Å². The van der Waals surface area contributed by atoms with E-state index in [1.54, 1.807) is 44.6 Å². The zero-order valence-corrected chi connectivity index (χ0v) is 40.6. The second kappa shape index (κ2) is 24.1. The molecular weight excluding hydrogens is 759 g/mol. The SMILES string of the molecule is C#CCC1CC=CCC1CCC.C=CC/C(=C(\C)CCC)C1C=C(C2=CC=C3NC4=CC(CCC=C4)C3C2)CCC1C.CC.CC1CC=CC2=C1C1=C(C=CCC1)C1C=CC=CC21. The Bertz CT molecular complexity index is 2060. The Kier molecular flexibility index (Phi) is 18.5. The molecule has 0 spiro atoms. The van der Waals surface area contributed by atoms with Crippen molar-refractivity contribution >= 4 is 0 Å². The highest BCUT2D eigenvalue weighted by Crippen LogP contribution is 2.50. The van der Waals surface area contributed by atoms with Gasteiger partial charge in [0.1, 0.15) is 0 Å². The summed E-state index contributed by atoms with van der Waals surface area (Å²) in [6.07, 6.45) is 64.7. The number of hydrogen-bond acceptors (Lipinski definition) is 1. The fraction of sp³-hybridized carbons (Fsp3) is 0.516. The van der Waals surface area contributed by atoms with E-state index in [4.69, 9.17) is 6.42 Å². The van der Waals surface area contributed by atoms with Crippen LogP contribution in [0, 0.1) is 65.6 Å². The number of allylic oxidation sites excluding steroid dienone is 26. The summed E-state index contributed by atoms with van der Waals surface area (Å²) in [5.41, 5.74) is 15.7. The summed E-state index contributed by atoms with van der Waals surface area (Å²) in [6, 6.07) is 0. The third-order valence-electron chi connectivity index (χ3n) is 15.4. The Balaban J connectivity index is 0.000000170. The lowest BCUT2D eigenvalue weighted by Gasteiger charge is -2.40. The Morgan fingerprint density at radius 2 is 1.57 bits per heavy atom. The number of terminal acetylenes is 1. The quantitative estimate of drug-likeness (QED) is 0.180. The van der Waals surface area contributed by atoms with E-state index >= 15 is 0 Å². The van der Waals surface area contributed by atoms with Gasteiger partial charge in [-0.25, -0.2) is 0 Å². The van der Waals surface area contributed by atoms with Crippen LogP contribution >= 0.6 is 0 Å². The molecule has 1 N–H and O–H groups in total. The molecule has 0 aromatic rings. The molecule has 8 aliphatic carbocycles. The van der Waals surface area contributed by atoms with Crippen molar-refractivity contribution in [2.24, 2.45) is 53.3 Å². The van der Waals surface area contributed by atoms with Gasteiger partial charge in [-0.05, 0) is 159 Å². The minimum absolute atomic E-state index is 0.570. The first-order valence-corrected chi connectivity index (χ1v) is 25.7. The lowest BCUT2D eigenvalue weighted by molar-refractivity contribution is 0.307. The van der Waals surface area contributed by atoms with Gasteiger partial charge in [0.05, 0.1) is 0 Å². The molecule has 0 amide bonds. The standard InChI is InChI=1S/C29H39N.C19H20.C12H18.C2H6/c1-5-9-20(3)26(10-6-2)27-18-22(14-13-21(27)4)23-15-16-29-28(19-23)24-11-7-8-12-25(17-24)30-29;1-13-7-6-12-18-16-9-3-2-8-14(16)15-10-4-5-11-17(15)19(13)18;1-3-7-11-9-5-6-10-12(11)8-4-2;1-2/h6,8,12,15-18,21,24,27-28,30H,2,5,7,9-11,13-14,19H2,1,3-4H3;2-4,6,8-10,12-14,16H,5,7,11H2,1H3;1,5-6,11-12H,4,7-10H2,2H3;1-2H3/b26-20-;;;. The number of hydrogen-bond donors (Lipinski definition) is 1. The van der Waals surface area contributed by atoms with Crippen molar-refractivity contribution in [3.8, 4) is 12.3 Å². The van der Waals surface area contributed by atoms with Crippen molar-refractivity contribution in [1.29, 1.82) is 0 Å². The predicted molar refractivity (Wildman–Crippen MR) is 275 cm³/mol. The van der Waals surface area contributed by atoms with Crippen LogP contribution in [0.4, 0.5) is 0 Å². The highest BCUT2D eigenvalue weighted by Gasteiger charge is 2.37. The fourth-order valence-electron chi connectivity index (χ4n) is 12.1. The maximum atomic E-state index is 5.34. The lowest BCUT2D eigenvalue weighted by atomic mass is 9.64. The van der Waals surface area contributed by atoms with E-state index in [1.165, 1.54) is 101 Å². The van der Waals surface area contributed by atoms with E-state index < -0.39 is 0 Å². The Labute approximate surface area is 386 Å². The minimum Gasteiger partial charge on any atom is -0.359 e. The molecule has 1 nitrogen and oxygen atoms in total. The number of fused-ring (bicyclic) bond motifs is 7. The van der Waals surface area contributed by atoms with Crippen LogP contribution < -0.4 is 5.32 Å². The molecule has 9 rings (SSSR count). The molecular formula is C62H83N. The van der Waals surface area contributed by atoms with Gasteiger partial charge in [0, 0.05) is 41.5 Å². The molecule has 9 aliphatic rings. The summed E-state index contributed by atoms with van der Waals surface area (Å²) in [4.78, 5) is 0. The predicted octanol–water partition coefficient (Wildman–Crippen LogP) is 17.3. The van der Waals surface area contributed by atoms with Crippen LogP contribution in [-0.4, -0.2) is 0 Å². The first-order chi connectivity index (χ1) is 30.8. The molecule has 1 heteroatoms. The largest absolute Gasteiger partial charge is 0.359 e. The van der Waals surface area contributed by atoms with Gasteiger partial charge in [0.2, 0.25) is 0 Å². The van der Waals surface area contributed by atoms with Crippen LogP contribution in [0.25, 0.3) is 0 Å². The molecule has 0 aromatic carbocycles. The van der Waals surface area contributed by atoms with Gasteiger partial charge in [-0.3, -0.25) is 0 Å². The van der Waals surface area contributed by atoms with Gasteiger partial charge in [-0.15, -0.1) is 18.9 Å².